The Hall–Kier alpha value is -2.71. The van der Waals surface area contributed by atoms with E-state index in [1.165, 1.54) is 14.0 Å². The van der Waals surface area contributed by atoms with Crippen molar-refractivity contribution in [2.24, 2.45) is 5.73 Å². The molecule has 0 spiro atoms. The number of amides is 2. The third-order valence-electron chi connectivity index (χ3n) is 5.66. The zero-order valence-electron chi connectivity index (χ0n) is 19.3. The normalized spacial score (nSPS) is 21.4. The van der Waals surface area contributed by atoms with Crippen molar-refractivity contribution < 1.29 is 23.9 Å². The summed E-state index contributed by atoms with van der Waals surface area (Å²) >= 11 is 0. The Kier molecular flexibility index (Phi) is 9.87. The van der Waals surface area contributed by atoms with E-state index in [1.807, 2.05) is 44.2 Å². The summed E-state index contributed by atoms with van der Waals surface area (Å²) < 4.78 is 11.0. The predicted octanol–water partition coefficient (Wildman–Crippen LogP) is 2.14. The highest BCUT2D eigenvalue weighted by atomic mass is 16.5. The maximum Gasteiger partial charge on any atom is 0.307 e. The fraction of sp³-hybridized carbons (Fsp3) is 0.542. The van der Waals surface area contributed by atoms with E-state index in [2.05, 4.69) is 10.6 Å². The molecule has 32 heavy (non-hydrogen) atoms. The molecule has 2 rings (SSSR count). The number of esters is 1. The van der Waals surface area contributed by atoms with E-state index in [-0.39, 0.29) is 30.8 Å². The average Bonchev–Trinajstić information content (AvgIpc) is 2.78. The Morgan fingerprint density at radius 1 is 1.16 bits per heavy atom. The maximum atomic E-state index is 13.2. The third-order valence-corrected chi connectivity index (χ3v) is 5.66. The van der Waals surface area contributed by atoms with E-state index in [0.717, 1.165) is 18.4 Å². The predicted molar refractivity (Wildman–Crippen MR) is 121 cm³/mol. The number of ether oxygens (including phenoxy) is 2. The molecule has 0 heterocycles. The fourth-order valence-corrected chi connectivity index (χ4v) is 3.85. The molecule has 1 aromatic carbocycles. The van der Waals surface area contributed by atoms with Crippen LogP contribution in [0.15, 0.2) is 42.0 Å². The first-order chi connectivity index (χ1) is 15.3. The monoisotopic (exact) mass is 445 g/mol. The molecule has 8 heteroatoms. The molecule has 0 saturated heterocycles. The van der Waals surface area contributed by atoms with Gasteiger partial charge in [-0.2, -0.15) is 0 Å². The Morgan fingerprint density at radius 3 is 2.38 bits per heavy atom. The molecule has 1 aliphatic rings. The molecule has 4 N–H and O–H groups in total. The summed E-state index contributed by atoms with van der Waals surface area (Å²) in [6.07, 6.45) is 3.10. The molecule has 0 bridgehead atoms. The first-order valence-electron chi connectivity index (χ1n) is 11.1. The topological polar surface area (TPSA) is 120 Å². The quantitative estimate of drug-likeness (QED) is 0.475. The molecular weight excluding hydrogens is 410 g/mol. The van der Waals surface area contributed by atoms with Gasteiger partial charge in [-0.25, -0.2) is 0 Å². The summed E-state index contributed by atoms with van der Waals surface area (Å²) in [4.78, 5) is 36.8. The van der Waals surface area contributed by atoms with E-state index in [0.29, 0.717) is 5.57 Å². The SMILES string of the molecule is CCC(CC)O[C@@H]1C=C(C(=O)N[C@@H](CC(=O)OC)c2ccccc2)C[C@H](N)[C@H]1NC(C)=O. The summed E-state index contributed by atoms with van der Waals surface area (Å²) in [6, 6.07) is 7.80. The van der Waals surface area contributed by atoms with Crippen LogP contribution >= 0.6 is 0 Å². The van der Waals surface area contributed by atoms with Crippen LogP contribution in [0.5, 0.6) is 0 Å². The molecule has 1 aliphatic carbocycles. The summed E-state index contributed by atoms with van der Waals surface area (Å²) in [5.74, 6) is -0.945. The van der Waals surface area contributed by atoms with Gasteiger partial charge in [0.25, 0.3) is 0 Å². The van der Waals surface area contributed by atoms with Crippen LogP contribution in [-0.2, 0) is 23.9 Å². The lowest BCUT2D eigenvalue weighted by Crippen LogP contribution is -2.57. The fourth-order valence-electron chi connectivity index (χ4n) is 3.85. The van der Waals surface area contributed by atoms with Crippen molar-refractivity contribution in [2.45, 2.75) is 76.8 Å². The second-order valence-corrected chi connectivity index (χ2v) is 8.04. The highest BCUT2D eigenvalue weighted by Gasteiger charge is 2.36. The van der Waals surface area contributed by atoms with Gasteiger partial charge in [0.05, 0.1) is 37.8 Å². The van der Waals surface area contributed by atoms with Crippen molar-refractivity contribution in [3.63, 3.8) is 0 Å². The second-order valence-electron chi connectivity index (χ2n) is 8.04. The van der Waals surface area contributed by atoms with E-state index in [9.17, 15) is 14.4 Å². The number of nitrogens with one attached hydrogen (secondary N) is 2. The minimum absolute atomic E-state index is 0.00771. The largest absolute Gasteiger partial charge is 0.469 e. The minimum Gasteiger partial charge on any atom is -0.469 e. The van der Waals surface area contributed by atoms with Crippen molar-refractivity contribution in [1.82, 2.24) is 10.6 Å². The molecule has 0 fully saturated rings. The van der Waals surface area contributed by atoms with Crippen LogP contribution in [0.1, 0.15) is 58.1 Å². The zero-order chi connectivity index (χ0) is 23.7. The van der Waals surface area contributed by atoms with Gasteiger partial charge in [-0.1, -0.05) is 44.2 Å². The van der Waals surface area contributed by atoms with E-state index in [4.69, 9.17) is 15.2 Å². The zero-order valence-corrected chi connectivity index (χ0v) is 19.3. The molecule has 1 aromatic rings. The number of hydrogen-bond acceptors (Lipinski definition) is 6. The molecule has 8 nitrogen and oxygen atoms in total. The highest BCUT2D eigenvalue weighted by molar-refractivity contribution is 5.94. The number of methoxy groups -OCH3 is 1. The van der Waals surface area contributed by atoms with Crippen LogP contribution in [-0.4, -0.2) is 49.2 Å². The molecule has 0 saturated carbocycles. The molecule has 176 valence electrons. The Balaban J connectivity index is 2.27. The maximum absolute atomic E-state index is 13.2. The van der Waals surface area contributed by atoms with E-state index in [1.54, 1.807) is 6.08 Å². The van der Waals surface area contributed by atoms with Gasteiger partial charge in [0, 0.05) is 18.5 Å². The van der Waals surface area contributed by atoms with Crippen LogP contribution in [0.3, 0.4) is 0 Å². The van der Waals surface area contributed by atoms with Crippen molar-refractivity contribution in [1.29, 1.82) is 0 Å². The van der Waals surface area contributed by atoms with Crippen LogP contribution in [0.25, 0.3) is 0 Å². The number of benzene rings is 1. The Labute approximate surface area is 189 Å². The number of nitrogens with two attached hydrogens (primary N) is 1. The van der Waals surface area contributed by atoms with Crippen molar-refractivity contribution in [2.75, 3.05) is 7.11 Å². The van der Waals surface area contributed by atoms with Crippen molar-refractivity contribution in [3.05, 3.63) is 47.5 Å². The molecule has 4 atom stereocenters. The summed E-state index contributed by atoms with van der Waals surface area (Å²) in [7, 11) is 1.32. The molecule has 0 radical (unpaired) electrons. The van der Waals surface area contributed by atoms with Crippen LogP contribution < -0.4 is 16.4 Å². The number of carbonyl (C=O) groups is 3. The van der Waals surface area contributed by atoms with Gasteiger partial charge < -0.3 is 25.8 Å². The van der Waals surface area contributed by atoms with Gasteiger partial charge in [0.1, 0.15) is 0 Å². The van der Waals surface area contributed by atoms with Gasteiger partial charge >= 0.3 is 5.97 Å². The molecule has 0 aliphatic heterocycles. The minimum atomic E-state index is -0.542. The molecule has 0 unspecified atom stereocenters. The highest BCUT2D eigenvalue weighted by Crippen LogP contribution is 2.25. The Morgan fingerprint density at radius 2 is 1.81 bits per heavy atom. The van der Waals surface area contributed by atoms with E-state index >= 15 is 0 Å². The number of rotatable bonds is 10. The lowest BCUT2D eigenvalue weighted by atomic mass is 9.87. The average molecular weight is 446 g/mol. The van der Waals surface area contributed by atoms with Crippen LogP contribution in [0.2, 0.25) is 0 Å². The summed E-state index contributed by atoms with van der Waals surface area (Å²) in [5, 5.41) is 5.81. The molecular formula is C24H35N3O5. The van der Waals surface area contributed by atoms with Crippen molar-refractivity contribution in [3.8, 4) is 0 Å². The van der Waals surface area contributed by atoms with Crippen LogP contribution in [0, 0.1) is 0 Å². The lowest BCUT2D eigenvalue weighted by molar-refractivity contribution is -0.141. The smallest absolute Gasteiger partial charge is 0.307 e. The summed E-state index contributed by atoms with van der Waals surface area (Å²) in [5.41, 5.74) is 7.63. The third kappa shape index (κ3) is 7.17. The standard InChI is InChI=1S/C24H35N3O5/c1-5-18(6-2)32-21-13-17(12-19(25)23(21)26-15(3)28)24(30)27-20(14-22(29)31-4)16-10-8-7-9-11-16/h7-11,13,18-21,23H,5-6,12,14,25H2,1-4H3,(H,26,28)(H,27,30)/t19-,20-,21+,23+/m0/s1. The second kappa shape index (κ2) is 12.4. The van der Waals surface area contributed by atoms with E-state index < -0.39 is 30.2 Å². The van der Waals surface area contributed by atoms with Gasteiger partial charge in [-0.3, -0.25) is 14.4 Å². The van der Waals surface area contributed by atoms with Gasteiger partial charge in [-0.05, 0) is 30.9 Å². The van der Waals surface area contributed by atoms with Crippen molar-refractivity contribution >= 4 is 17.8 Å². The number of carbonyl (C=O) groups excluding carboxylic acids is 3. The lowest BCUT2D eigenvalue weighted by Gasteiger charge is -2.37. The molecule has 0 aromatic heterocycles. The summed E-state index contributed by atoms with van der Waals surface area (Å²) in [6.45, 7) is 5.49. The number of hydrogen-bond donors (Lipinski definition) is 3. The van der Waals surface area contributed by atoms with Gasteiger partial charge in [0.2, 0.25) is 11.8 Å². The molecule has 2 amide bonds. The van der Waals surface area contributed by atoms with Gasteiger partial charge in [0.15, 0.2) is 0 Å². The Bertz CT molecular complexity index is 807. The first-order valence-corrected chi connectivity index (χ1v) is 11.1. The first kappa shape index (κ1) is 25.5. The van der Waals surface area contributed by atoms with Crippen LogP contribution in [0.4, 0.5) is 0 Å². The van der Waals surface area contributed by atoms with Gasteiger partial charge in [-0.15, -0.1) is 0 Å².